The highest BCUT2D eigenvalue weighted by Crippen LogP contribution is 2.24. The molecule has 0 bridgehead atoms. The van der Waals surface area contributed by atoms with Crippen molar-refractivity contribution in [2.45, 2.75) is 52.6 Å². The Kier molecular flexibility index (Phi) is 6.66. The average Bonchev–Trinajstić information content (AvgIpc) is 3.11. The first kappa shape index (κ1) is 21.5. The zero-order chi connectivity index (χ0) is 21.8. The number of rotatable bonds is 7. The molecule has 1 N–H and O–H groups in total. The van der Waals surface area contributed by atoms with E-state index in [1.54, 1.807) is 13.0 Å². The molecule has 0 aliphatic carbocycles. The number of aryl methyl sites for hydroxylation is 2. The maximum atomic E-state index is 13.3. The van der Waals surface area contributed by atoms with Crippen molar-refractivity contribution in [2.75, 3.05) is 18.4 Å². The Morgan fingerprint density at radius 3 is 2.90 bits per heavy atom. The average molecular weight is 423 g/mol. The number of fused-ring (bicyclic) bond motifs is 1. The normalized spacial score (nSPS) is 17.2. The van der Waals surface area contributed by atoms with Gasteiger partial charge in [-0.3, -0.25) is 9.69 Å². The SMILES string of the molecule is CCn1c(CN2CCCC(CCC(=O)Nc3ccc(F)cc3C)C2)nc2ccccc21. The van der Waals surface area contributed by atoms with Crippen molar-refractivity contribution in [1.82, 2.24) is 14.5 Å². The van der Waals surface area contributed by atoms with Crippen LogP contribution in [0.4, 0.5) is 10.1 Å². The molecule has 1 aliphatic heterocycles. The zero-order valence-corrected chi connectivity index (χ0v) is 18.4. The van der Waals surface area contributed by atoms with Gasteiger partial charge in [-0.2, -0.15) is 0 Å². The molecule has 2 heterocycles. The summed E-state index contributed by atoms with van der Waals surface area (Å²) in [6.07, 6.45) is 3.66. The zero-order valence-electron chi connectivity index (χ0n) is 18.4. The number of carbonyl (C=O) groups excluding carboxylic acids is 1. The molecular weight excluding hydrogens is 391 g/mol. The maximum absolute atomic E-state index is 13.3. The number of aromatic nitrogens is 2. The van der Waals surface area contributed by atoms with Crippen molar-refractivity contribution in [3.05, 3.63) is 59.7 Å². The Hall–Kier alpha value is -2.73. The number of nitrogens with zero attached hydrogens (tertiary/aromatic N) is 3. The van der Waals surface area contributed by atoms with E-state index in [4.69, 9.17) is 4.98 Å². The van der Waals surface area contributed by atoms with E-state index in [2.05, 4.69) is 39.9 Å². The van der Waals surface area contributed by atoms with Gasteiger partial charge in [0.25, 0.3) is 0 Å². The molecule has 4 rings (SSSR count). The number of para-hydroxylation sites is 2. The Morgan fingerprint density at radius 2 is 2.10 bits per heavy atom. The number of hydrogen-bond acceptors (Lipinski definition) is 3. The summed E-state index contributed by atoms with van der Waals surface area (Å²) in [5.74, 6) is 1.34. The van der Waals surface area contributed by atoms with Crippen LogP contribution in [-0.4, -0.2) is 33.4 Å². The number of anilines is 1. The summed E-state index contributed by atoms with van der Waals surface area (Å²) < 4.78 is 15.6. The summed E-state index contributed by atoms with van der Waals surface area (Å²) in [6.45, 7) is 7.80. The molecule has 164 valence electrons. The lowest BCUT2D eigenvalue weighted by atomic mass is 9.93. The summed E-state index contributed by atoms with van der Waals surface area (Å²) in [5, 5.41) is 2.93. The summed E-state index contributed by atoms with van der Waals surface area (Å²) in [4.78, 5) is 19.8. The van der Waals surface area contributed by atoms with Crippen LogP contribution in [0, 0.1) is 18.7 Å². The molecule has 3 aromatic rings. The van der Waals surface area contributed by atoms with Gasteiger partial charge in [0.2, 0.25) is 5.91 Å². The first-order valence-corrected chi connectivity index (χ1v) is 11.3. The minimum Gasteiger partial charge on any atom is -0.327 e. The second-order valence-electron chi connectivity index (χ2n) is 8.55. The highest BCUT2D eigenvalue weighted by Gasteiger charge is 2.22. The molecule has 5 nitrogen and oxygen atoms in total. The van der Waals surface area contributed by atoms with Crippen molar-refractivity contribution in [3.8, 4) is 0 Å². The van der Waals surface area contributed by atoms with E-state index in [1.165, 1.54) is 17.6 Å². The lowest BCUT2D eigenvalue weighted by molar-refractivity contribution is -0.116. The van der Waals surface area contributed by atoms with Crippen molar-refractivity contribution in [3.63, 3.8) is 0 Å². The summed E-state index contributed by atoms with van der Waals surface area (Å²) >= 11 is 0. The van der Waals surface area contributed by atoms with Crippen LogP contribution in [0.3, 0.4) is 0 Å². The third kappa shape index (κ3) is 5.13. The van der Waals surface area contributed by atoms with E-state index in [-0.39, 0.29) is 11.7 Å². The third-order valence-corrected chi connectivity index (χ3v) is 6.26. The Bertz CT molecular complexity index is 1060. The lowest BCUT2D eigenvalue weighted by Gasteiger charge is -2.32. The topological polar surface area (TPSA) is 50.2 Å². The van der Waals surface area contributed by atoms with Crippen molar-refractivity contribution >= 4 is 22.6 Å². The van der Waals surface area contributed by atoms with Gasteiger partial charge < -0.3 is 9.88 Å². The van der Waals surface area contributed by atoms with E-state index in [9.17, 15) is 9.18 Å². The molecule has 1 saturated heterocycles. The number of imidazole rings is 1. The third-order valence-electron chi connectivity index (χ3n) is 6.26. The van der Waals surface area contributed by atoms with Gasteiger partial charge in [0.15, 0.2) is 0 Å². The summed E-state index contributed by atoms with van der Waals surface area (Å²) in [6, 6.07) is 12.8. The number of nitrogens with one attached hydrogen (secondary N) is 1. The van der Waals surface area contributed by atoms with E-state index in [0.29, 0.717) is 18.0 Å². The van der Waals surface area contributed by atoms with Gasteiger partial charge in [-0.15, -0.1) is 0 Å². The van der Waals surface area contributed by atoms with Crippen LogP contribution < -0.4 is 5.32 Å². The molecule has 0 radical (unpaired) electrons. The van der Waals surface area contributed by atoms with Crippen LogP contribution >= 0.6 is 0 Å². The van der Waals surface area contributed by atoms with E-state index in [1.807, 2.05) is 6.07 Å². The predicted molar refractivity (Wildman–Crippen MR) is 122 cm³/mol. The fourth-order valence-electron chi connectivity index (χ4n) is 4.64. The number of piperidine rings is 1. The van der Waals surface area contributed by atoms with Gasteiger partial charge in [0.05, 0.1) is 17.6 Å². The molecule has 0 spiro atoms. The molecular formula is C25H31FN4O. The van der Waals surface area contributed by atoms with Gasteiger partial charge in [0.1, 0.15) is 11.6 Å². The largest absolute Gasteiger partial charge is 0.327 e. The smallest absolute Gasteiger partial charge is 0.224 e. The Balaban J connectivity index is 1.32. The number of amides is 1. The molecule has 1 aliphatic rings. The fraction of sp³-hybridized carbons (Fsp3) is 0.440. The van der Waals surface area contributed by atoms with Gasteiger partial charge in [-0.25, -0.2) is 9.37 Å². The van der Waals surface area contributed by atoms with E-state index < -0.39 is 0 Å². The number of hydrogen-bond donors (Lipinski definition) is 1. The first-order chi connectivity index (χ1) is 15.0. The lowest BCUT2D eigenvalue weighted by Crippen LogP contribution is -2.36. The quantitative estimate of drug-likeness (QED) is 0.574. The minimum atomic E-state index is -0.283. The monoisotopic (exact) mass is 422 g/mol. The van der Waals surface area contributed by atoms with Crippen LogP contribution in [0.2, 0.25) is 0 Å². The molecule has 31 heavy (non-hydrogen) atoms. The number of carbonyl (C=O) groups is 1. The van der Waals surface area contributed by atoms with Crippen LogP contribution in [-0.2, 0) is 17.9 Å². The van der Waals surface area contributed by atoms with Gasteiger partial charge in [-0.1, -0.05) is 12.1 Å². The van der Waals surface area contributed by atoms with Gasteiger partial charge >= 0.3 is 0 Å². The van der Waals surface area contributed by atoms with Crippen LogP contribution in [0.25, 0.3) is 11.0 Å². The number of halogens is 1. The number of likely N-dealkylation sites (tertiary alicyclic amines) is 1. The second kappa shape index (κ2) is 9.60. The van der Waals surface area contributed by atoms with Gasteiger partial charge in [-0.05, 0) is 81.5 Å². The van der Waals surface area contributed by atoms with E-state index >= 15 is 0 Å². The molecule has 1 aromatic heterocycles. The minimum absolute atomic E-state index is 0.000364. The first-order valence-electron chi connectivity index (χ1n) is 11.3. The highest BCUT2D eigenvalue weighted by molar-refractivity contribution is 5.91. The van der Waals surface area contributed by atoms with Gasteiger partial charge in [0, 0.05) is 25.2 Å². The summed E-state index contributed by atoms with van der Waals surface area (Å²) in [5.41, 5.74) is 3.69. The van der Waals surface area contributed by atoms with Crippen LogP contribution in [0.1, 0.15) is 44.0 Å². The molecule has 6 heteroatoms. The standard InChI is InChI=1S/C25H31FN4O/c1-3-30-23-9-5-4-8-22(23)27-24(30)17-29-14-6-7-19(16-29)10-13-25(31)28-21-12-11-20(26)15-18(21)2/h4-5,8-9,11-12,15,19H,3,6-7,10,13-14,16-17H2,1-2H3,(H,28,31). The molecule has 1 fully saturated rings. The predicted octanol–water partition coefficient (Wildman–Crippen LogP) is 5.13. The maximum Gasteiger partial charge on any atom is 0.224 e. The molecule has 0 saturated carbocycles. The van der Waals surface area contributed by atoms with Crippen molar-refractivity contribution < 1.29 is 9.18 Å². The highest BCUT2D eigenvalue weighted by atomic mass is 19.1. The van der Waals surface area contributed by atoms with Crippen molar-refractivity contribution in [2.24, 2.45) is 5.92 Å². The molecule has 1 amide bonds. The number of benzene rings is 2. The second-order valence-corrected chi connectivity index (χ2v) is 8.55. The summed E-state index contributed by atoms with van der Waals surface area (Å²) in [7, 11) is 0. The van der Waals surface area contributed by atoms with Crippen LogP contribution in [0.15, 0.2) is 42.5 Å². The van der Waals surface area contributed by atoms with E-state index in [0.717, 1.165) is 62.3 Å². The fourth-order valence-corrected chi connectivity index (χ4v) is 4.64. The van der Waals surface area contributed by atoms with Crippen molar-refractivity contribution in [1.29, 1.82) is 0 Å². The molecule has 1 atom stereocenters. The molecule has 2 aromatic carbocycles. The molecule has 1 unspecified atom stereocenters. The Labute approximate surface area is 183 Å². The Morgan fingerprint density at radius 1 is 1.26 bits per heavy atom. The van der Waals surface area contributed by atoms with Crippen LogP contribution in [0.5, 0.6) is 0 Å².